The molecule has 0 aliphatic rings. The smallest absolute Gasteiger partial charge is 0.406 e. The molecular formula is C79H85F24NO. The van der Waals surface area contributed by atoms with Gasteiger partial charge in [-0.3, -0.25) is 4.98 Å². The van der Waals surface area contributed by atoms with Crippen LogP contribution in [0.1, 0.15) is 233 Å². The van der Waals surface area contributed by atoms with Gasteiger partial charge in [0.15, 0.2) is 0 Å². The van der Waals surface area contributed by atoms with Gasteiger partial charge in [-0.1, -0.05) is 180 Å². The van der Waals surface area contributed by atoms with E-state index in [4.69, 9.17) is 0 Å². The SMILES string of the molecule is CC(C)c1ccc(C(F)(F)F)cc1.CC(C)c1ccc(C(F)(F)F)cc1C(F)(F)F.CC(C)c1ccc(OC(F)(F)F)cc1.CC(C)c1ccncc1.Cc1cc(C(C)C)cc(C(F)(F)F)c1.Cc1ccc(-c2cc(C(F)(F)F)cc(C(F)(F)F)c2)c(C(C)C)c1.Cc1ccc(C(F)(F)F)c(C(C)C)c1. The molecule has 26 heteroatoms. The third-order valence-electron chi connectivity index (χ3n) is 15.3. The summed E-state index contributed by atoms with van der Waals surface area (Å²) >= 11 is 0. The molecule has 0 saturated heterocycles. The summed E-state index contributed by atoms with van der Waals surface area (Å²) in [5, 5.41) is 0. The highest BCUT2D eigenvalue weighted by molar-refractivity contribution is 5.70. The van der Waals surface area contributed by atoms with E-state index in [1.807, 2.05) is 86.8 Å². The van der Waals surface area contributed by atoms with Gasteiger partial charge >= 0.3 is 49.6 Å². The minimum atomic E-state index is -4.85. The Hall–Kier alpha value is -8.19. The number of pyridine rings is 1. The van der Waals surface area contributed by atoms with Gasteiger partial charge in [-0.15, -0.1) is 13.2 Å². The number of hydrogen-bond donors (Lipinski definition) is 0. The van der Waals surface area contributed by atoms with Crippen LogP contribution >= 0.6 is 0 Å². The van der Waals surface area contributed by atoms with Gasteiger partial charge in [0.05, 0.1) is 38.9 Å². The molecule has 0 aliphatic carbocycles. The highest BCUT2D eigenvalue weighted by Crippen LogP contribution is 2.43. The monoisotopic (exact) mass is 1520 g/mol. The van der Waals surface area contributed by atoms with Crippen molar-refractivity contribution in [1.29, 1.82) is 0 Å². The van der Waals surface area contributed by atoms with Crippen LogP contribution < -0.4 is 4.74 Å². The zero-order valence-electron chi connectivity index (χ0n) is 60.6. The molecule has 1 heterocycles. The van der Waals surface area contributed by atoms with Crippen LogP contribution in [-0.2, 0) is 43.2 Å². The first-order chi connectivity index (χ1) is 47.6. The summed E-state index contributed by atoms with van der Waals surface area (Å²) in [6, 6.07) is 32.2. The molecule has 0 atom stereocenters. The van der Waals surface area contributed by atoms with E-state index in [2.05, 4.69) is 23.6 Å². The molecule has 105 heavy (non-hydrogen) atoms. The normalized spacial score (nSPS) is 12.3. The zero-order chi connectivity index (χ0) is 81.1. The Balaban J connectivity index is 0.000000423. The molecule has 0 radical (unpaired) electrons. The summed E-state index contributed by atoms with van der Waals surface area (Å²) in [6.45, 7) is 31.5. The average molecular weight is 1520 g/mol. The van der Waals surface area contributed by atoms with Gasteiger partial charge in [-0.2, -0.15) is 92.2 Å². The Labute approximate surface area is 597 Å². The maximum atomic E-state index is 13.0. The van der Waals surface area contributed by atoms with Crippen molar-refractivity contribution in [2.45, 2.75) is 209 Å². The maximum absolute atomic E-state index is 13.0. The highest BCUT2D eigenvalue weighted by atomic mass is 19.4. The number of benzene rings is 7. The van der Waals surface area contributed by atoms with Crippen LogP contribution in [0.25, 0.3) is 11.1 Å². The standard InChI is InChI=1S/C18H16F6.C11H10F6.2C11H13F3.C10H11F3O.C10H11F3.C8H11N/c1-10(2)16-6-11(3)4-5-15(16)12-7-13(17(19,20)21)9-14(8-12)18(22,23)24;1-6(2)8-4-3-7(10(12,13)14)5-9(8)11(15,16)17;1-7(2)9-4-8(3)5-10(6-9)11(12,13)14;1-7(2)9-6-8(3)4-5-10(9)11(12,13)14;1-7(2)8-3-5-9(6-4-8)14-10(11,12)13;1-7(2)8-3-5-9(6-4-8)10(11,12)13;1-7(2)8-3-5-9-6-4-8/h4-10H,1-3H3;3-6H,1-2H3;2*4-7H,1-3H3;3-7H,1-2H3;3-7H,1-2H3;3-7H,1-2H3. The Morgan fingerprint density at radius 2 is 0.619 bits per heavy atom. The third kappa shape index (κ3) is 32.2. The lowest BCUT2D eigenvalue weighted by molar-refractivity contribution is -0.274. The van der Waals surface area contributed by atoms with Crippen molar-refractivity contribution in [3.05, 3.63) is 259 Å². The van der Waals surface area contributed by atoms with Gasteiger partial charge in [0.1, 0.15) is 5.75 Å². The van der Waals surface area contributed by atoms with Crippen molar-refractivity contribution >= 4 is 0 Å². The predicted molar refractivity (Wildman–Crippen MR) is 363 cm³/mol. The number of halogens is 24. The van der Waals surface area contributed by atoms with E-state index < -0.39 is 94.5 Å². The molecule has 0 fully saturated rings. The molecule has 0 N–H and O–H groups in total. The molecule has 0 saturated carbocycles. The summed E-state index contributed by atoms with van der Waals surface area (Å²) in [4.78, 5) is 3.93. The molecule has 2 nitrogen and oxygen atoms in total. The fourth-order valence-corrected chi connectivity index (χ4v) is 9.60. The fourth-order valence-electron chi connectivity index (χ4n) is 9.60. The Morgan fingerprint density at radius 3 is 0.981 bits per heavy atom. The molecule has 0 aliphatic heterocycles. The highest BCUT2D eigenvalue weighted by Gasteiger charge is 2.40. The van der Waals surface area contributed by atoms with Crippen molar-refractivity contribution in [3.8, 4) is 16.9 Å². The van der Waals surface area contributed by atoms with E-state index in [0.29, 0.717) is 40.2 Å². The number of aryl methyl sites for hydroxylation is 3. The molecule has 7 aromatic carbocycles. The van der Waals surface area contributed by atoms with Crippen LogP contribution in [0.4, 0.5) is 105 Å². The lowest BCUT2D eigenvalue weighted by atomic mass is 9.89. The summed E-state index contributed by atoms with van der Waals surface area (Å²) in [5.41, 5.74) is 0.891. The van der Waals surface area contributed by atoms with Crippen molar-refractivity contribution in [2.75, 3.05) is 0 Å². The van der Waals surface area contributed by atoms with E-state index in [-0.39, 0.29) is 52.7 Å². The van der Waals surface area contributed by atoms with Gasteiger partial charge in [-0.25, -0.2) is 0 Å². The second kappa shape index (κ2) is 38.4. The number of alkyl halides is 24. The Kier molecular flexibility index (Phi) is 33.9. The van der Waals surface area contributed by atoms with Crippen molar-refractivity contribution in [2.24, 2.45) is 0 Å². The van der Waals surface area contributed by atoms with E-state index in [0.717, 1.165) is 64.2 Å². The van der Waals surface area contributed by atoms with E-state index >= 15 is 0 Å². The minimum Gasteiger partial charge on any atom is -0.406 e. The van der Waals surface area contributed by atoms with E-state index in [9.17, 15) is 105 Å². The fraction of sp³-hybridized carbons (Fsp3) is 0.405. The number of aromatic nitrogens is 1. The summed E-state index contributed by atoms with van der Waals surface area (Å²) in [5.74, 6) is 0.493. The minimum absolute atomic E-state index is 0.0382. The van der Waals surface area contributed by atoms with E-state index in [1.165, 1.54) is 61.9 Å². The van der Waals surface area contributed by atoms with Crippen molar-refractivity contribution in [3.63, 3.8) is 0 Å². The number of hydrogen-bond acceptors (Lipinski definition) is 2. The Morgan fingerprint density at radius 1 is 0.257 bits per heavy atom. The van der Waals surface area contributed by atoms with Crippen LogP contribution in [0.2, 0.25) is 0 Å². The van der Waals surface area contributed by atoms with Crippen LogP contribution in [0, 0.1) is 20.8 Å². The second-order valence-electron chi connectivity index (χ2n) is 26.5. The topological polar surface area (TPSA) is 22.1 Å². The number of rotatable bonds is 9. The van der Waals surface area contributed by atoms with Crippen molar-refractivity contribution < 1.29 is 110 Å². The number of ether oxygens (including phenoxy) is 1. The van der Waals surface area contributed by atoms with Crippen LogP contribution in [-0.4, -0.2) is 11.3 Å². The predicted octanol–water partition coefficient (Wildman–Crippen LogP) is 29.7. The first-order valence-electron chi connectivity index (χ1n) is 32.6. The van der Waals surface area contributed by atoms with Gasteiger partial charge in [0, 0.05) is 12.4 Å². The summed E-state index contributed by atoms with van der Waals surface area (Å²) < 4.78 is 303. The second-order valence-corrected chi connectivity index (χ2v) is 26.5. The summed E-state index contributed by atoms with van der Waals surface area (Å²) in [6.07, 6.45) is -32.9. The number of nitrogens with zero attached hydrogens (tertiary/aromatic N) is 1. The molecule has 1 aromatic heterocycles. The van der Waals surface area contributed by atoms with Gasteiger partial charge in [0.25, 0.3) is 0 Å². The maximum Gasteiger partial charge on any atom is 0.573 e. The van der Waals surface area contributed by atoms with Crippen molar-refractivity contribution in [1.82, 2.24) is 4.98 Å². The first kappa shape index (κ1) is 92.9. The van der Waals surface area contributed by atoms with Gasteiger partial charge in [0.2, 0.25) is 0 Å². The molecular weight excluding hydrogens is 1430 g/mol. The van der Waals surface area contributed by atoms with Crippen LogP contribution in [0.3, 0.4) is 0 Å². The van der Waals surface area contributed by atoms with Crippen LogP contribution in [0.15, 0.2) is 164 Å². The van der Waals surface area contributed by atoms with Crippen LogP contribution in [0.5, 0.6) is 5.75 Å². The molecule has 0 bridgehead atoms. The zero-order valence-corrected chi connectivity index (χ0v) is 60.6. The van der Waals surface area contributed by atoms with Gasteiger partial charge < -0.3 is 4.74 Å². The Bertz CT molecular complexity index is 3890. The largest absolute Gasteiger partial charge is 0.573 e. The molecule has 0 unspecified atom stereocenters. The molecule has 8 aromatic rings. The molecule has 580 valence electrons. The molecule has 0 spiro atoms. The van der Waals surface area contributed by atoms with Gasteiger partial charge in [-0.05, 0) is 197 Å². The van der Waals surface area contributed by atoms with E-state index in [1.54, 1.807) is 70.2 Å². The average Bonchev–Trinajstić information content (AvgIpc) is 0.785. The first-order valence-corrected chi connectivity index (χ1v) is 32.6. The molecule has 0 amide bonds. The third-order valence-corrected chi connectivity index (χ3v) is 15.3. The lowest BCUT2D eigenvalue weighted by Crippen LogP contribution is -2.17. The molecule has 8 rings (SSSR count). The lowest BCUT2D eigenvalue weighted by Gasteiger charge is -2.18. The quantitative estimate of drug-likeness (QED) is 0.134. The summed E-state index contributed by atoms with van der Waals surface area (Å²) in [7, 11) is 0.